The van der Waals surface area contributed by atoms with Gasteiger partial charge in [-0.3, -0.25) is 24.3 Å². The van der Waals surface area contributed by atoms with E-state index >= 15 is 0 Å². The summed E-state index contributed by atoms with van der Waals surface area (Å²) < 4.78 is 54.4. The van der Waals surface area contributed by atoms with E-state index in [1.54, 1.807) is 69.2 Å². The number of aryl methyl sites for hydroxylation is 1. The van der Waals surface area contributed by atoms with E-state index < -0.39 is 17.3 Å². The summed E-state index contributed by atoms with van der Waals surface area (Å²) in [5.74, 6) is 0.483. The number of nitrogens with zero attached hydrogens (tertiary/aromatic N) is 5. The Morgan fingerprint density at radius 1 is 1.02 bits per heavy atom. The molecule has 0 radical (unpaired) electrons. The molecule has 0 saturated heterocycles. The van der Waals surface area contributed by atoms with E-state index in [9.17, 15) is 27.6 Å². The largest absolute Gasteiger partial charge is 0.493 e. The van der Waals surface area contributed by atoms with Gasteiger partial charge in [0.1, 0.15) is 28.2 Å². The van der Waals surface area contributed by atoms with Crippen LogP contribution in [0, 0.1) is 12.3 Å². The maximum absolute atomic E-state index is 13.8. The fourth-order valence-corrected chi connectivity index (χ4v) is 5.91. The van der Waals surface area contributed by atoms with Crippen molar-refractivity contribution in [2.45, 2.75) is 53.4 Å². The SMILES string of the molecule is CCN1C(=O)C(C)(C)C(=O)N(C)c2cc(OCCCN(CCn3ccc4oc(C)cc4c3=O)Cc3cccnc3C(F)(F)F)ccc21. The van der Waals surface area contributed by atoms with Crippen molar-refractivity contribution >= 4 is 34.2 Å². The summed E-state index contributed by atoms with van der Waals surface area (Å²) >= 11 is 0. The van der Waals surface area contributed by atoms with Gasteiger partial charge in [-0.1, -0.05) is 6.07 Å². The van der Waals surface area contributed by atoms with Crippen LogP contribution in [0.25, 0.3) is 11.0 Å². The first-order chi connectivity index (χ1) is 22.2. The Morgan fingerprint density at radius 3 is 2.51 bits per heavy atom. The van der Waals surface area contributed by atoms with E-state index in [-0.39, 0.29) is 49.2 Å². The molecule has 1 aliphatic heterocycles. The zero-order valence-electron chi connectivity index (χ0n) is 27.1. The summed E-state index contributed by atoms with van der Waals surface area (Å²) in [6.45, 7) is 8.31. The second kappa shape index (κ2) is 13.2. The van der Waals surface area contributed by atoms with Crippen molar-refractivity contribution in [3.05, 3.63) is 82.2 Å². The number of furan rings is 1. The van der Waals surface area contributed by atoms with Gasteiger partial charge in [0.25, 0.3) is 5.56 Å². The number of aromatic nitrogens is 2. The molecule has 0 atom stereocenters. The van der Waals surface area contributed by atoms with Gasteiger partial charge in [-0.15, -0.1) is 0 Å². The molecule has 2 amide bonds. The molecule has 250 valence electrons. The van der Waals surface area contributed by atoms with E-state index in [4.69, 9.17) is 9.15 Å². The fraction of sp³-hybridized carbons (Fsp3) is 0.412. The van der Waals surface area contributed by atoms with Crippen molar-refractivity contribution in [3.63, 3.8) is 0 Å². The Kier molecular flexibility index (Phi) is 9.48. The minimum Gasteiger partial charge on any atom is -0.493 e. The summed E-state index contributed by atoms with van der Waals surface area (Å²) in [7, 11) is 1.63. The first-order valence-corrected chi connectivity index (χ1v) is 15.4. The summed E-state index contributed by atoms with van der Waals surface area (Å²) in [5, 5.41) is 0.444. The van der Waals surface area contributed by atoms with Crippen molar-refractivity contribution in [2.24, 2.45) is 5.41 Å². The minimum absolute atomic E-state index is 0.0329. The van der Waals surface area contributed by atoms with Crippen LogP contribution in [0.5, 0.6) is 5.75 Å². The Labute approximate surface area is 270 Å². The quantitative estimate of drug-likeness (QED) is 0.153. The number of rotatable bonds is 11. The lowest BCUT2D eigenvalue weighted by Gasteiger charge is -2.27. The summed E-state index contributed by atoms with van der Waals surface area (Å²) in [6, 6.07) is 11.4. The molecule has 0 aliphatic carbocycles. The third-order valence-electron chi connectivity index (χ3n) is 8.41. The highest BCUT2D eigenvalue weighted by molar-refractivity contribution is 6.20. The monoisotopic (exact) mass is 653 g/mol. The molecule has 0 spiro atoms. The number of carbonyl (C=O) groups excluding carboxylic acids is 2. The average Bonchev–Trinajstić information content (AvgIpc) is 3.41. The molecule has 5 rings (SSSR count). The predicted octanol–water partition coefficient (Wildman–Crippen LogP) is 5.64. The van der Waals surface area contributed by atoms with Crippen molar-refractivity contribution in [1.29, 1.82) is 0 Å². The lowest BCUT2D eigenvalue weighted by molar-refractivity contribution is -0.142. The molecular weight excluding hydrogens is 615 g/mol. The van der Waals surface area contributed by atoms with Crippen molar-refractivity contribution in [2.75, 3.05) is 43.1 Å². The van der Waals surface area contributed by atoms with Crippen LogP contribution in [-0.2, 0) is 28.9 Å². The second-order valence-electron chi connectivity index (χ2n) is 12.1. The third-order valence-corrected chi connectivity index (χ3v) is 8.41. The first-order valence-electron chi connectivity index (χ1n) is 15.4. The molecule has 0 unspecified atom stereocenters. The van der Waals surface area contributed by atoms with Crippen LogP contribution in [0.15, 0.2) is 64.1 Å². The smallest absolute Gasteiger partial charge is 0.433 e. The number of ether oxygens (including phenoxy) is 1. The number of alkyl halides is 3. The maximum Gasteiger partial charge on any atom is 0.433 e. The first kappa shape index (κ1) is 33.7. The van der Waals surface area contributed by atoms with Gasteiger partial charge in [0.15, 0.2) is 0 Å². The predicted molar refractivity (Wildman–Crippen MR) is 171 cm³/mol. The molecule has 3 aromatic heterocycles. The summed E-state index contributed by atoms with van der Waals surface area (Å²) in [6.07, 6.45) is -1.42. The molecule has 0 N–H and O–H groups in total. The second-order valence-corrected chi connectivity index (χ2v) is 12.1. The van der Waals surface area contributed by atoms with E-state index in [2.05, 4.69) is 4.98 Å². The molecule has 0 bridgehead atoms. The summed E-state index contributed by atoms with van der Waals surface area (Å²) in [4.78, 5) is 47.8. The molecule has 0 saturated carbocycles. The van der Waals surface area contributed by atoms with Gasteiger partial charge in [-0.05, 0) is 70.0 Å². The number of anilines is 2. The van der Waals surface area contributed by atoms with Crippen molar-refractivity contribution in [1.82, 2.24) is 14.5 Å². The highest BCUT2D eigenvalue weighted by Crippen LogP contribution is 2.40. The maximum atomic E-state index is 13.8. The van der Waals surface area contributed by atoms with E-state index in [1.165, 1.54) is 21.6 Å². The Bertz CT molecular complexity index is 1850. The van der Waals surface area contributed by atoms with Crippen LogP contribution in [0.3, 0.4) is 0 Å². The van der Waals surface area contributed by atoms with Gasteiger partial charge < -0.3 is 23.5 Å². The number of fused-ring (bicyclic) bond motifs is 2. The third kappa shape index (κ3) is 6.90. The highest BCUT2D eigenvalue weighted by atomic mass is 19.4. The van der Waals surface area contributed by atoms with Crippen molar-refractivity contribution in [3.8, 4) is 5.75 Å². The Morgan fingerprint density at radius 2 is 1.79 bits per heavy atom. The number of carbonyl (C=O) groups is 2. The Balaban J connectivity index is 1.31. The number of benzene rings is 1. The highest BCUT2D eigenvalue weighted by Gasteiger charge is 2.45. The standard InChI is InChI=1S/C34H38F3N5O5/c1-6-42-26-11-10-24(20-27(26)39(5)31(44)33(3,4)32(42)45)46-18-8-14-40(21-23-9-7-13-38-29(23)34(35,36)37)16-17-41-15-12-28-25(30(41)43)19-22(2)47-28/h7,9-13,15,19-20H,6,8,14,16-18,21H2,1-5H3. The zero-order chi connectivity index (χ0) is 34.1. The molecule has 1 aliphatic rings. The number of hydrogen-bond acceptors (Lipinski definition) is 7. The van der Waals surface area contributed by atoms with E-state index in [0.717, 1.165) is 6.20 Å². The number of amides is 2. The number of pyridine rings is 2. The average molecular weight is 654 g/mol. The molecule has 4 heterocycles. The zero-order valence-corrected chi connectivity index (χ0v) is 27.1. The van der Waals surface area contributed by atoms with Crippen LogP contribution < -0.4 is 20.1 Å². The van der Waals surface area contributed by atoms with Crippen LogP contribution in [-0.4, -0.2) is 59.6 Å². The molecule has 4 aromatic rings. The van der Waals surface area contributed by atoms with Gasteiger partial charge in [0.05, 0.1) is 23.4 Å². The topological polar surface area (TPSA) is 101 Å². The van der Waals surface area contributed by atoms with Gasteiger partial charge in [-0.25, -0.2) is 0 Å². The molecule has 10 nitrogen and oxygen atoms in total. The van der Waals surface area contributed by atoms with Crippen LogP contribution in [0.2, 0.25) is 0 Å². The molecular formula is C34H38F3N5O5. The number of halogens is 3. The lowest BCUT2D eigenvalue weighted by atomic mass is 9.90. The van der Waals surface area contributed by atoms with E-state index in [0.29, 0.717) is 53.4 Å². The normalized spacial score (nSPS) is 15.0. The van der Waals surface area contributed by atoms with Crippen LogP contribution in [0.4, 0.5) is 24.5 Å². The van der Waals surface area contributed by atoms with Gasteiger partial charge in [0, 0.05) is 58.2 Å². The number of hydrogen-bond donors (Lipinski definition) is 0. The molecule has 0 fully saturated rings. The minimum atomic E-state index is -4.61. The summed E-state index contributed by atoms with van der Waals surface area (Å²) in [5.41, 5.74) is -0.754. The van der Waals surface area contributed by atoms with Gasteiger partial charge in [0.2, 0.25) is 11.8 Å². The molecule has 1 aromatic carbocycles. The van der Waals surface area contributed by atoms with Crippen LogP contribution >= 0.6 is 0 Å². The molecule has 47 heavy (non-hydrogen) atoms. The van der Waals surface area contributed by atoms with Gasteiger partial charge in [-0.2, -0.15) is 13.2 Å². The van der Waals surface area contributed by atoms with Crippen molar-refractivity contribution < 1.29 is 31.9 Å². The Hall–Kier alpha value is -4.65. The molecule has 13 heteroatoms. The van der Waals surface area contributed by atoms with Gasteiger partial charge >= 0.3 is 6.18 Å². The lowest BCUT2D eigenvalue weighted by Crippen LogP contribution is -2.47. The fourth-order valence-electron chi connectivity index (χ4n) is 5.91. The van der Waals surface area contributed by atoms with Crippen LogP contribution in [0.1, 0.15) is 44.2 Å². The van der Waals surface area contributed by atoms with E-state index in [1.807, 2.05) is 11.8 Å².